The molecular formula is C18H28Cl2N4O. The number of likely N-dealkylation sites (N-methyl/N-ethyl adjacent to an activating group) is 1. The van der Waals surface area contributed by atoms with E-state index in [4.69, 9.17) is 10.5 Å². The maximum absolute atomic E-state index is 6.27. The monoisotopic (exact) mass is 386 g/mol. The van der Waals surface area contributed by atoms with Gasteiger partial charge in [-0.05, 0) is 50.2 Å². The zero-order chi connectivity index (χ0) is 15.9. The molecule has 2 aromatic rings. The first kappa shape index (κ1) is 20.1. The highest BCUT2D eigenvalue weighted by atomic mass is 35.5. The molecule has 2 N–H and O–H groups in total. The number of nitrogens with zero attached hydrogens (tertiary/aromatic N) is 3. The lowest BCUT2D eigenvalue weighted by molar-refractivity contribution is -0.914. The molecule has 25 heavy (non-hydrogen) atoms. The number of rotatable bonds is 4. The van der Waals surface area contributed by atoms with Crippen molar-refractivity contribution in [1.82, 2.24) is 9.61 Å². The Labute approximate surface area is 161 Å². The molecule has 2 aliphatic rings. The van der Waals surface area contributed by atoms with Crippen LogP contribution in [0.4, 0.5) is 5.69 Å². The molecule has 1 saturated heterocycles. The fraction of sp³-hybridized carbons (Fsp3) is 0.611. The summed E-state index contributed by atoms with van der Waals surface area (Å²) in [5.41, 5.74) is 10.6. The van der Waals surface area contributed by atoms with Crippen LogP contribution >= 0.6 is 12.4 Å². The summed E-state index contributed by atoms with van der Waals surface area (Å²) in [6.07, 6.45) is 7.48. The van der Waals surface area contributed by atoms with Crippen LogP contribution < -0.4 is 22.9 Å². The third-order valence-corrected chi connectivity index (χ3v) is 5.62. The minimum Gasteiger partial charge on any atom is -1.00 e. The van der Waals surface area contributed by atoms with Crippen molar-refractivity contribution in [3.63, 3.8) is 0 Å². The molecule has 3 heterocycles. The third kappa shape index (κ3) is 3.83. The third-order valence-electron chi connectivity index (χ3n) is 5.62. The first-order valence-corrected chi connectivity index (χ1v) is 8.92. The standard InChI is InChI=1S/C18H27N4O.2ClH/c1-22(10-3-2-4-11-22)12-13-23-18-17(19)16-9-8-14-6-5-7-15(14)21(16)20-18;;/h8-9H,2-7,10-13,19H2,1H3;2*1H/q+1;;/p-1. The Morgan fingerprint density at radius 1 is 1.16 bits per heavy atom. The topological polar surface area (TPSA) is 52.5 Å². The number of piperidine rings is 1. The molecule has 5 nitrogen and oxygen atoms in total. The summed E-state index contributed by atoms with van der Waals surface area (Å²) >= 11 is 0. The highest BCUT2D eigenvalue weighted by molar-refractivity contribution is 5.85. The number of halogens is 2. The SMILES string of the molecule is C[N+]1(CCOc2nn3c4c(ccc3c2N)CCC4)CCCCC1.Cl.[Cl-]. The minimum atomic E-state index is 0. The van der Waals surface area contributed by atoms with Crippen molar-refractivity contribution in [3.05, 3.63) is 23.4 Å². The molecule has 0 saturated carbocycles. The van der Waals surface area contributed by atoms with Gasteiger partial charge in [-0.1, -0.05) is 6.07 Å². The van der Waals surface area contributed by atoms with E-state index in [1.807, 2.05) is 4.52 Å². The van der Waals surface area contributed by atoms with Crippen LogP contribution in [0.2, 0.25) is 0 Å². The molecule has 7 heteroatoms. The Morgan fingerprint density at radius 2 is 1.92 bits per heavy atom. The van der Waals surface area contributed by atoms with Crippen LogP contribution in [0, 0.1) is 0 Å². The number of hydrogen-bond donors (Lipinski definition) is 1. The van der Waals surface area contributed by atoms with Crippen LogP contribution in [0.25, 0.3) is 5.52 Å². The number of ether oxygens (including phenoxy) is 1. The highest BCUT2D eigenvalue weighted by Crippen LogP contribution is 2.30. The molecule has 1 aliphatic heterocycles. The fourth-order valence-corrected chi connectivity index (χ4v) is 4.11. The molecule has 0 unspecified atom stereocenters. The smallest absolute Gasteiger partial charge is 0.257 e. The number of pyridine rings is 1. The van der Waals surface area contributed by atoms with Crippen LogP contribution in [0.1, 0.15) is 36.9 Å². The fourth-order valence-electron chi connectivity index (χ4n) is 4.11. The predicted molar refractivity (Wildman–Crippen MR) is 99.0 cm³/mol. The number of anilines is 1. The van der Waals surface area contributed by atoms with E-state index in [-0.39, 0.29) is 24.8 Å². The van der Waals surface area contributed by atoms with Gasteiger partial charge in [0.1, 0.15) is 18.8 Å². The van der Waals surface area contributed by atoms with E-state index < -0.39 is 0 Å². The average Bonchev–Trinajstić information content (AvgIpc) is 3.13. The number of nitrogens with two attached hydrogens (primary N) is 1. The Hall–Kier alpha value is -1.17. The van der Waals surface area contributed by atoms with E-state index in [1.165, 1.54) is 50.0 Å². The van der Waals surface area contributed by atoms with Gasteiger partial charge in [-0.3, -0.25) is 0 Å². The Morgan fingerprint density at radius 3 is 2.68 bits per heavy atom. The first-order chi connectivity index (χ1) is 11.2. The minimum absolute atomic E-state index is 0. The molecule has 4 rings (SSSR count). The lowest BCUT2D eigenvalue weighted by atomic mass is 10.1. The Bertz CT molecular complexity index is 725. The highest BCUT2D eigenvalue weighted by Gasteiger charge is 2.25. The van der Waals surface area contributed by atoms with E-state index in [0.29, 0.717) is 18.2 Å². The predicted octanol–water partition coefficient (Wildman–Crippen LogP) is -0.160. The molecule has 1 fully saturated rings. The number of aryl methyl sites for hydroxylation is 2. The summed E-state index contributed by atoms with van der Waals surface area (Å²) in [7, 11) is 2.34. The number of aromatic nitrogens is 2. The molecule has 2 aromatic heterocycles. The quantitative estimate of drug-likeness (QED) is 0.742. The van der Waals surface area contributed by atoms with Crippen molar-refractivity contribution in [3.8, 4) is 5.88 Å². The maximum Gasteiger partial charge on any atom is 0.257 e. The van der Waals surface area contributed by atoms with Gasteiger partial charge in [-0.25, -0.2) is 4.52 Å². The number of hydrogen-bond acceptors (Lipinski definition) is 3. The van der Waals surface area contributed by atoms with Gasteiger partial charge in [0.15, 0.2) is 0 Å². The van der Waals surface area contributed by atoms with E-state index in [9.17, 15) is 0 Å². The molecular weight excluding hydrogens is 359 g/mol. The number of quaternary nitrogens is 1. The molecule has 0 radical (unpaired) electrons. The summed E-state index contributed by atoms with van der Waals surface area (Å²) in [5.74, 6) is 0.605. The van der Waals surface area contributed by atoms with Crippen molar-refractivity contribution >= 4 is 23.6 Å². The zero-order valence-corrected chi connectivity index (χ0v) is 16.4. The van der Waals surface area contributed by atoms with Crippen LogP contribution in [0.5, 0.6) is 5.88 Å². The largest absolute Gasteiger partial charge is 1.00 e. The summed E-state index contributed by atoms with van der Waals surface area (Å²) in [6.45, 7) is 4.24. The van der Waals surface area contributed by atoms with Crippen LogP contribution in [-0.4, -0.2) is 47.4 Å². The Balaban J connectivity index is 0.00000113. The average molecular weight is 387 g/mol. The maximum atomic E-state index is 6.27. The molecule has 140 valence electrons. The second-order valence-corrected chi connectivity index (χ2v) is 7.37. The number of likely N-dealkylation sites (tertiary alicyclic amines) is 1. The van der Waals surface area contributed by atoms with Crippen molar-refractivity contribution < 1.29 is 21.6 Å². The number of fused-ring (bicyclic) bond motifs is 3. The number of nitrogen functional groups attached to an aromatic ring is 1. The van der Waals surface area contributed by atoms with Crippen LogP contribution in [0.15, 0.2) is 12.1 Å². The summed E-state index contributed by atoms with van der Waals surface area (Å²) in [4.78, 5) is 0. The molecule has 1 aliphatic carbocycles. The van der Waals surface area contributed by atoms with Crippen molar-refractivity contribution in [1.29, 1.82) is 0 Å². The van der Waals surface area contributed by atoms with Crippen LogP contribution in [0.3, 0.4) is 0 Å². The molecule has 0 spiro atoms. The second kappa shape index (κ2) is 8.02. The molecule has 0 bridgehead atoms. The van der Waals surface area contributed by atoms with Gasteiger partial charge < -0.3 is 27.4 Å². The van der Waals surface area contributed by atoms with E-state index in [0.717, 1.165) is 29.4 Å². The lowest BCUT2D eigenvalue weighted by Crippen LogP contribution is -3.00. The summed E-state index contributed by atoms with van der Waals surface area (Å²) in [6, 6.07) is 4.28. The zero-order valence-electron chi connectivity index (χ0n) is 14.8. The first-order valence-electron chi connectivity index (χ1n) is 8.92. The van der Waals surface area contributed by atoms with E-state index in [2.05, 4.69) is 24.3 Å². The Kier molecular flexibility index (Phi) is 6.46. The molecule has 0 atom stereocenters. The van der Waals surface area contributed by atoms with Gasteiger partial charge >= 0.3 is 0 Å². The van der Waals surface area contributed by atoms with E-state index in [1.54, 1.807) is 0 Å². The second-order valence-electron chi connectivity index (χ2n) is 7.37. The summed E-state index contributed by atoms with van der Waals surface area (Å²) < 4.78 is 9.09. The van der Waals surface area contributed by atoms with Gasteiger partial charge in [0.05, 0.1) is 25.7 Å². The van der Waals surface area contributed by atoms with Crippen molar-refractivity contribution in [2.75, 3.05) is 39.0 Å². The van der Waals surface area contributed by atoms with Crippen molar-refractivity contribution in [2.45, 2.75) is 38.5 Å². The van der Waals surface area contributed by atoms with Gasteiger partial charge in [0.2, 0.25) is 0 Å². The van der Waals surface area contributed by atoms with Crippen LogP contribution in [-0.2, 0) is 12.8 Å². The summed E-state index contributed by atoms with van der Waals surface area (Å²) in [5, 5.41) is 4.65. The van der Waals surface area contributed by atoms with Crippen molar-refractivity contribution in [2.24, 2.45) is 0 Å². The molecule has 0 aromatic carbocycles. The van der Waals surface area contributed by atoms with Gasteiger partial charge in [0, 0.05) is 5.69 Å². The van der Waals surface area contributed by atoms with Gasteiger partial charge in [0.25, 0.3) is 5.88 Å². The van der Waals surface area contributed by atoms with Gasteiger partial charge in [-0.15, -0.1) is 17.5 Å². The lowest BCUT2D eigenvalue weighted by Gasteiger charge is -2.37. The molecule has 0 amide bonds. The van der Waals surface area contributed by atoms with Gasteiger partial charge in [-0.2, -0.15) is 0 Å². The van der Waals surface area contributed by atoms with E-state index >= 15 is 0 Å². The normalized spacial score (nSPS) is 18.3.